The number of carbonyl (C=O) groups excluding carboxylic acids is 5. The lowest BCUT2D eigenvalue weighted by Gasteiger charge is -2.44. The minimum absolute atomic E-state index is 0.284. The normalized spacial score (nSPS) is 21.7. The van der Waals surface area contributed by atoms with Crippen molar-refractivity contribution in [3.8, 4) is 5.75 Å². The van der Waals surface area contributed by atoms with Crippen molar-refractivity contribution in [3.05, 3.63) is 71.8 Å². The number of benzene rings is 2. The summed E-state index contributed by atoms with van der Waals surface area (Å²) in [6.07, 6.45) is -3.45. The highest BCUT2D eigenvalue weighted by Gasteiger charge is 2.52. The Balaban J connectivity index is 1.74. The van der Waals surface area contributed by atoms with Crippen LogP contribution < -0.4 is 4.74 Å². The summed E-state index contributed by atoms with van der Waals surface area (Å²) in [5.74, 6) is -2.56. The fourth-order valence-electron chi connectivity index (χ4n) is 4.35. The summed E-state index contributed by atoms with van der Waals surface area (Å²) in [7, 11) is 0. The summed E-state index contributed by atoms with van der Waals surface area (Å²) in [6, 6.07) is 16.9. The van der Waals surface area contributed by atoms with Crippen molar-refractivity contribution in [1.82, 2.24) is 0 Å². The molecule has 0 amide bonds. The van der Waals surface area contributed by atoms with Gasteiger partial charge in [0.05, 0.1) is 0 Å². The zero-order chi connectivity index (χ0) is 30.6. The van der Waals surface area contributed by atoms with E-state index in [4.69, 9.17) is 28.4 Å². The average molecular weight is 583 g/mol. The van der Waals surface area contributed by atoms with E-state index in [0.717, 1.165) is 31.9 Å². The number of carbonyl (C=O) groups is 5. The van der Waals surface area contributed by atoms with Gasteiger partial charge in [0.1, 0.15) is 31.2 Å². The smallest absolute Gasteiger partial charge is 0.303 e. The number of ketones is 1. The molecule has 0 aromatic heterocycles. The van der Waals surface area contributed by atoms with Crippen molar-refractivity contribution in [2.75, 3.05) is 6.61 Å². The molecule has 1 saturated heterocycles. The summed E-state index contributed by atoms with van der Waals surface area (Å²) < 4.78 is 33.0. The Morgan fingerprint density at radius 3 is 1.86 bits per heavy atom. The number of esters is 4. The van der Waals surface area contributed by atoms with Gasteiger partial charge in [0.15, 0.2) is 24.1 Å². The molecule has 2 aromatic rings. The topological polar surface area (TPSA) is 141 Å². The van der Waals surface area contributed by atoms with Gasteiger partial charge in [-0.25, -0.2) is 0 Å². The minimum atomic E-state index is -1.32. The SMILES string of the molecule is CC(=O)OC[C@H]1O[C@@H](CC(=O)/C=C/c2ccc(OCc3ccccc3)cc2)[C@H](OC(C)=O)[C@@H](OC(C)=O)[C@@H]1OC(C)=O. The van der Waals surface area contributed by atoms with Gasteiger partial charge in [-0.1, -0.05) is 48.5 Å². The van der Waals surface area contributed by atoms with Gasteiger partial charge >= 0.3 is 23.9 Å². The van der Waals surface area contributed by atoms with Crippen LogP contribution in [0.2, 0.25) is 0 Å². The van der Waals surface area contributed by atoms with Crippen molar-refractivity contribution >= 4 is 35.7 Å². The Bertz CT molecular complexity index is 1270. The highest BCUT2D eigenvalue weighted by atomic mass is 16.7. The molecule has 0 unspecified atom stereocenters. The molecule has 42 heavy (non-hydrogen) atoms. The van der Waals surface area contributed by atoms with Gasteiger partial charge in [-0.15, -0.1) is 0 Å². The van der Waals surface area contributed by atoms with E-state index >= 15 is 0 Å². The van der Waals surface area contributed by atoms with Crippen LogP contribution in [0.1, 0.15) is 45.2 Å². The molecule has 1 aliphatic rings. The molecule has 0 radical (unpaired) electrons. The molecule has 2 aromatic carbocycles. The summed E-state index contributed by atoms with van der Waals surface area (Å²) in [5, 5.41) is 0. The van der Waals surface area contributed by atoms with Crippen LogP contribution in [-0.2, 0) is 54.3 Å². The average Bonchev–Trinajstić information content (AvgIpc) is 2.93. The quantitative estimate of drug-likeness (QED) is 0.207. The van der Waals surface area contributed by atoms with E-state index in [1.807, 2.05) is 30.3 Å². The van der Waals surface area contributed by atoms with E-state index in [1.165, 1.54) is 13.0 Å². The lowest BCUT2D eigenvalue weighted by atomic mass is 9.91. The van der Waals surface area contributed by atoms with Crippen molar-refractivity contribution in [2.45, 2.75) is 71.2 Å². The van der Waals surface area contributed by atoms with Crippen molar-refractivity contribution in [1.29, 1.82) is 0 Å². The maximum Gasteiger partial charge on any atom is 0.303 e. The van der Waals surface area contributed by atoms with Crippen LogP contribution >= 0.6 is 0 Å². The number of allylic oxidation sites excluding steroid dienone is 1. The summed E-state index contributed by atoms with van der Waals surface area (Å²) in [4.78, 5) is 60.2. The van der Waals surface area contributed by atoms with E-state index in [-0.39, 0.29) is 18.8 Å². The standard InChI is InChI=1S/C31H34O11/c1-19(32)37-18-28-30(40-21(3)34)31(41-22(4)35)29(39-20(2)33)27(42-28)16-25(36)13-10-23-11-14-26(15-12-23)38-17-24-8-6-5-7-9-24/h5-15,27-31H,16-18H2,1-4H3/b13-10+/t27-,28+,29-,30+,31+/m0/s1. The second-order valence-corrected chi connectivity index (χ2v) is 9.58. The number of ether oxygens (including phenoxy) is 6. The van der Waals surface area contributed by atoms with Gasteiger partial charge in [-0.3, -0.25) is 24.0 Å². The van der Waals surface area contributed by atoms with Crippen LogP contribution in [0.15, 0.2) is 60.7 Å². The van der Waals surface area contributed by atoms with Crippen LogP contribution in [0, 0.1) is 0 Å². The van der Waals surface area contributed by atoms with E-state index in [1.54, 1.807) is 30.3 Å². The van der Waals surface area contributed by atoms with Gasteiger partial charge in [0, 0.05) is 34.1 Å². The molecule has 11 nitrogen and oxygen atoms in total. The number of hydrogen-bond acceptors (Lipinski definition) is 11. The third-order valence-corrected chi connectivity index (χ3v) is 6.08. The molecule has 0 bridgehead atoms. The van der Waals surface area contributed by atoms with Crippen LogP contribution in [-0.4, -0.2) is 66.8 Å². The number of rotatable bonds is 12. The second-order valence-electron chi connectivity index (χ2n) is 9.58. The van der Waals surface area contributed by atoms with Gasteiger partial charge in [0.25, 0.3) is 0 Å². The molecule has 1 fully saturated rings. The Morgan fingerprint density at radius 1 is 0.714 bits per heavy atom. The predicted octanol–water partition coefficient (Wildman–Crippen LogP) is 3.36. The van der Waals surface area contributed by atoms with Gasteiger partial charge in [-0.2, -0.15) is 0 Å². The molecular formula is C31H34O11. The molecule has 3 rings (SSSR count). The Morgan fingerprint density at radius 2 is 1.29 bits per heavy atom. The molecule has 0 spiro atoms. The Kier molecular flexibility index (Phi) is 11.8. The largest absolute Gasteiger partial charge is 0.489 e. The highest BCUT2D eigenvalue weighted by Crippen LogP contribution is 2.31. The predicted molar refractivity (Wildman–Crippen MR) is 148 cm³/mol. The molecular weight excluding hydrogens is 548 g/mol. The third-order valence-electron chi connectivity index (χ3n) is 6.08. The van der Waals surface area contributed by atoms with Gasteiger partial charge in [-0.05, 0) is 29.3 Å². The van der Waals surface area contributed by atoms with E-state index in [2.05, 4.69) is 0 Å². The maximum atomic E-state index is 13.0. The fraction of sp³-hybridized carbons (Fsp3) is 0.387. The molecule has 0 N–H and O–H groups in total. The minimum Gasteiger partial charge on any atom is -0.489 e. The third kappa shape index (κ3) is 10.2. The molecule has 11 heteroatoms. The zero-order valence-electron chi connectivity index (χ0n) is 23.8. The first-order chi connectivity index (χ1) is 20.0. The molecule has 0 saturated carbocycles. The van der Waals surface area contributed by atoms with Gasteiger partial charge in [0.2, 0.25) is 0 Å². The monoisotopic (exact) mass is 582 g/mol. The molecule has 1 heterocycles. The van der Waals surface area contributed by atoms with Crippen LogP contribution in [0.4, 0.5) is 0 Å². The van der Waals surface area contributed by atoms with Crippen molar-refractivity contribution in [2.24, 2.45) is 0 Å². The van der Waals surface area contributed by atoms with E-state index < -0.39 is 54.4 Å². The van der Waals surface area contributed by atoms with Crippen LogP contribution in [0.3, 0.4) is 0 Å². The molecule has 5 atom stereocenters. The lowest BCUT2D eigenvalue weighted by molar-refractivity contribution is -0.252. The summed E-state index contributed by atoms with van der Waals surface area (Å²) in [6.45, 7) is 4.65. The zero-order valence-corrected chi connectivity index (χ0v) is 23.8. The number of hydrogen-bond donors (Lipinski definition) is 0. The second kappa shape index (κ2) is 15.5. The molecule has 224 valence electrons. The van der Waals surface area contributed by atoms with E-state index in [9.17, 15) is 24.0 Å². The maximum absolute atomic E-state index is 13.0. The lowest BCUT2D eigenvalue weighted by Crippen LogP contribution is -2.62. The fourth-order valence-corrected chi connectivity index (χ4v) is 4.35. The van der Waals surface area contributed by atoms with Crippen LogP contribution in [0.25, 0.3) is 6.08 Å². The van der Waals surface area contributed by atoms with Gasteiger partial charge < -0.3 is 28.4 Å². The summed E-state index contributed by atoms with van der Waals surface area (Å²) in [5.41, 5.74) is 1.77. The first-order valence-corrected chi connectivity index (χ1v) is 13.3. The highest BCUT2D eigenvalue weighted by molar-refractivity contribution is 5.94. The first kappa shape index (κ1) is 32.0. The summed E-state index contributed by atoms with van der Waals surface area (Å²) >= 11 is 0. The Hall–Kier alpha value is -4.51. The molecule has 0 aliphatic carbocycles. The molecule has 1 aliphatic heterocycles. The van der Waals surface area contributed by atoms with Crippen LogP contribution in [0.5, 0.6) is 5.75 Å². The first-order valence-electron chi connectivity index (χ1n) is 13.3. The van der Waals surface area contributed by atoms with Crippen molar-refractivity contribution < 1.29 is 52.4 Å². The van der Waals surface area contributed by atoms with Crippen molar-refractivity contribution in [3.63, 3.8) is 0 Å². The Labute approximate surface area is 243 Å². The van der Waals surface area contributed by atoms with E-state index in [0.29, 0.717) is 12.4 Å².